The van der Waals surface area contributed by atoms with Crippen molar-refractivity contribution in [1.29, 1.82) is 0 Å². The van der Waals surface area contributed by atoms with Crippen molar-refractivity contribution in [2.24, 2.45) is 0 Å². The largest absolute Gasteiger partial charge is 1.00 e. The molecule has 2 aliphatic heterocycles. The van der Waals surface area contributed by atoms with Gasteiger partial charge in [0.05, 0.1) is 12.3 Å². The maximum absolute atomic E-state index is 2.38. The Balaban J connectivity index is 0.000000176. The van der Waals surface area contributed by atoms with E-state index in [2.05, 4.69) is 243 Å². The molecule has 0 saturated carbocycles. The summed E-state index contributed by atoms with van der Waals surface area (Å²) in [6.07, 6.45) is 5.17. The summed E-state index contributed by atoms with van der Waals surface area (Å²) in [7, 11) is 3.30. The van der Waals surface area contributed by atoms with Crippen LogP contribution in [0.1, 0.15) is 0 Å². The number of hydrogen-bond donors (Lipinski definition) is 0. The molecule has 0 fully saturated rings. The highest BCUT2D eigenvalue weighted by molar-refractivity contribution is 8.54. The Morgan fingerprint density at radius 1 is 0.267 bits per heavy atom. The Morgan fingerprint density at radius 3 is 0.650 bits per heavy atom. The van der Waals surface area contributed by atoms with Gasteiger partial charge in [-0.1, -0.05) is 194 Å². The van der Waals surface area contributed by atoms with Crippen LogP contribution < -0.4 is 76.4 Å². The molecule has 0 saturated heterocycles. The zero-order valence-corrected chi connectivity index (χ0v) is 41.9. The minimum Gasteiger partial charge on any atom is -1.00 e. The van der Waals surface area contributed by atoms with E-state index in [1.54, 1.807) is 57.5 Å². The second-order valence-corrected chi connectivity index (χ2v) is 39.8. The van der Waals surface area contributed by atoms with Crippen molar-refractivity contribution in [3.8, 4) is 0 Å². The van der Waals surface area contributed by atoms with Crippen LogP contribution in [-0.4, -0.2) is 24.6 Å². The van der Waals surface area contributed by atoms with Gasteiger partial charge in [-0.2, -0.15) is 0 Å². The van der Waals surface area contributed by atoms with Gasteiger partial charge >= 0.3 is 0 Å². The fourth-order valence-electron chi connectivity index (χ4n) is 8.72. The first kappa shape index (κ1) is 45.1. The van der Waals surface area contributed by atoms with Crippen molar-refractivity contribution in [2.45, 2.75) is 0 Å². The highest BCUT2D eigenvalue weighted by atomic mass is 79.9. The molecule has 0 aliphatic carbocycles. The second-order valence-electron chi connectivity index (χ2n) is 14.8. The first-order valence-electron chi connectivity index (χ1n) is 20.1. The fraction of sp³-hybridized carbons (Fsp3) is 0.0769. The third-order valence-electron chi connectivity index (χ3n) is 11.6. The second kappa shape index (κ2) is 20.5. The van der Waals surface area contributed by atoms with E-state index in [-0.39, 0.29) is 34.0 Å². The van der Waals surface area contributed by atoms with Crippen LogP contribution in [0.25, 0.3) is 0 Å². The summed E-state index contributed by atoms with van der Waals surface area (Å²) in [6.45, 7) is -5.93. The Kier molecular flexibility index (Phi) is 15.4. The number of hydrogen-bond acceptors (Lipinski definition) is 0. The van der Waals surface area contributed by atoms with E-state index in [1.807, 2.05) is 0 Å². The molecule has 0 spiro atoms. The maximum Gasteiger partial charge on any atom is 0.129 e. The van der Waals surface area contributed by atoms with Crippen molar-refractivity contribution >= 4 is 84.5 Å². The number of halogens is 2. The minimum absolute atomic E-state index is 0. The van der Waals surface area contributed by atoms with Gasteiger partial charge in [-0.15, -0.1) is 0 Å². The summed E-state index contributed by atoms with van der Waals surface area (Å²) in [5, 5.41) is 12.5. The number of rotatable bonds is 8. The van der Waals surface area contributed by atoms with Gasteiger partial charge < -0.3 is 34.0 Å². The van der Waals surface area contributed by atoms with Crippen LogP contribution in [0, 0.1) is 0 Å². The van der Waals surface area contributed by atoms with Crippen LogP contribution in [-0.2, 0) is 0 Å². The van der Waals surface area contributed by atoms with Crippen molar-refractivity contribution in [3.63, 3.8) is 0 Å². The van der Waals surface area contributed by atoms with E-state index in [9.17, 15) is 0 Å². The van der Waals surface area contributed by atoms with Gasteiger partial charge in [0.1, 0.15) is 50.2 Å². The molecular weight excluding hydrogens is 970 g/mol. The van der Waals surface area contributed by atoms with E-state index in [0.29, 0.717) is 0 Å². The lowest BCUT2D eigenvalue weighted by atomic mass is 10.4. The first-order chi connectivity index (χ1) is 28.7. The van der Waals surface area contributed by atoms with Crippen LogP contribution in [0.2, 0.25) is 0 Å². The fourth-order valence-corrected chi connectivity index (χ4v) is 57.3. The van der Waals surface area contributed by atoms with Crippen LogP contribution in [0.3, 0.4) is 0 Å². The molecule has 300 valence electrons. The lowest BCUT2D eigenvalue weighted by Crippen LogP contribution is -3.00. The summed E-state index contributed by atoms with van der Waals surface area (Å²) < 4.78 is 0. The third-order valence-corrected chi connectivity index (χ3v) is 48.8. The first-order valence-corrected chi connectivity index (χ1v) is 32.6. The quantitative estimate of drug-likeness (QED) is 0.159. The van der Waals surface area contributed by atoms with Crippen LogP contribution in [0.15, 0.2) is 243 Å². The SMILES string of the molecule is [Br-].[Br-].c1ccc(P2(c3ccccc3)=P[P+](c3ccccc3)(c3ccccc3)CC2)cc1.c1ccc(P2(c3ccccc3)=P[P+](c3ccccc3)(c3ccccc3)CC2)cc1. The molecule has 0 unspecified atom stereocenters. The highest BCUT2D eigenvalue weighted by Gasteiger charge is 2.52. The molecular formula is C52H48Br2P6. The number of benzene rings is 8. The lowest BCUT2D eigenvalue weighted by Gasteiger charge is -2.21. The highest BCUT2D eigenvalue weighted by Crippen LogP contribution is 2.85. The van der Waals surface area contributed by atoms with Crippen LogP contribution >= 0.6 is 42.1 Å². The molecule has 0 aromatic heterocycles. The molecule has 0 atom stereocenters. The summed E-state index contributed by atoms with van der Waals surface area (Å²) in [4.78, 5) is 0. The molecule has 0 nitrogen and oxygen atoms in total. The molecule has 2 aliphatic rings. The van der Waals surface area contributed by atoms with Crippen LogP contribution in [0.4, 0.5) is 0 Å². The maximum atomic E-state index is 2.38. The monoisotopic (exact) mass is 1020 g/mol. The van der Waals surface area contributed by atoms with Crippen molar-refractivity contribution in [1.82, 2.24) is 0 Å². The zero-order valence-electron chi connectivity index (χ0n) is 33.4. The van der Waals surface area contributed by atoms with E-state index in [1.165, 1.54) is 24.6 Å². The van der Waals surface area contributed by atoms with E-state index in [4.69, 9.17) is 0 Å². The van der Waals surface area contributed by atoms with E-state index >= 15 is 0 Å². The molecule has 60 heavy (non-hydrogen) atoms. The lowest BCUT2D eigenvalue weighted by molar-refractivity contribution is -0.001000. The standard InChI is InChI=1S/2C26H24P3.2BrH/c2*1-5-13-23(14-6-1)28(24-15-7-2-8-16-24)21-22-29(27-28,25-17-9-3-10-18-25)26-19-11-4-12-20-26;;/h2*1-20H,21-22H2;2*1H/q2*+1;;/p-2. The average molecular weight is 1020 g/mol. The molecule has 10 rings (SSSR count). The van der Waals surface area contributed by atoms with Gasteiger partial charge in [0.15, 0.2) is 0 Å². The molecule has 0 N–H and O–H groups in total. The Bertz CT molecular complexity index is 2310. The average Bonchev–Trinajstić information content (AvgIpc) is 3.96. The molecule has 0 radical (unpaired) electrons. The Labute approximate surface area is 382 Å². The smallest absolute Gasteiger partial charge is 0.129 e. The van der Waals surface area contributed by atoms with Gasteiger partial charge in [-0.25, -0.2) is 0 Å². The molecule has 8 aromatic rings. The van der Waals surface area contributed by atoms with Gasteiger partial charge in [0, 0.05) is 25.4 Å². The zero-order chi connectivity index (χ0) is 39.1. The Morgan fingerprint density at radius 2 is 0.450 bits per heavy atom. The predicted octanol–water partition coefficient (Wildman–Crippen LogP) is 6.23. The van der Waals surface area contributed by atoms with Crippen molar-refractivity contribution < 1.29 is 34.0 Å². The minimum atomic E-state index is -1.48. The van der Waals surface area contributed by atoms with Gasteiger partial charge in [0.2, 0.25) is 0 Å². The molecule has 0 bridgehead atoms. The van der Waals surface area contributed by atoms with Crippen molar-refractivity contribution in [2.75, 3.05) is 24.6 Å². The summed E-state index contributed by atoms with van der Waals surface area (Å²) >= 11 is 0. The van der Waals surface area contributed by atoms with Gasteiger partial charge in [0.25, 0.3) is 0 Å². The van der Waals surface area contributed by atoms with Gasteiger partial charge in [-0.05, 0) is 69.7 Å². The predicted molar refractivity (Wildman–Crippen MR) is 270 cm³/mol. The van der Waals surface area contributed by atoms with Crippen LogP contribution in [0.5, 0.6) is 0 Å². The normalized spacial score (nSPS) is 16.8. The molecule has 2 heterocycles. The summed E-state index contributed by atoms with van der Waals surface area (Å²) in [5.74, 6) is 0. The Hall–Kier alpha value is -2.96. The third kappa shape index (κ3) is 8.81. The van der Waals surface area contributed by atoms with Crippen molar-refractivity contribution in [3.05, 3.63) is 243 Å². The molecule has 0 amide bonds. The molecule has 8 heteroatoms. The molecule has 8 aromatic carbocycles. The van der Waals surface area contributed by atoms with E-state index in [0.717, 1.165) is 0 Å². The van der Waals surface area contributed by atoms with Gasteiger partial charge in [-0.3, -0.25) is 0 Å². The summed E-state index contributed by atoms with van der Waals surface area (Å²) in [5.41, 5.74) is 0. The summed E-state index contributed by atoms with van der Waals surface area (Å²) in [6, 6.07) is 90.8. The van der Waals surface area contributed by atoms with E-state index < -0.39 is 27.0 Å². The topological polar surface area (TPSA) is 0 Å².